The maximum Gasteiger partial charge on any atom is 0.435 e. The van der Waals surface area contributed by atoms with Crippen molar-refractivity contribution in [2.45, 2.75) is 51.9 Å². The molecule has 1 amide bonds. The molecular weight excluding hydrogens is 399 g/mol. The number of halogens is 3. The zero-order chi connectivity index (χ0) is 21.5. The van der Waals surface area contributed by atoms with Crippen molar-refractivity contribution in [1.82, 2.24) is 19.3 Å². The van der Waals surface area contributed by atoms with Crippen molar-refractivity contribution in [3.05, 3.63) is 51.8 Å². The van der Waals surface area contributed by atoms with Crippen LogP contribution in [0.3, 0.4) is 0 Å². The molecule has 0 atom stereocenters. The first-order valence-corrected chi connectivity index (χ1v) is 9.67. The van der Waals surface area contributed by atoms with E-state index in [1.807, 2.05) is 0 Å². The standard InChI is InChI=1S/C20H20F3N5O2/c1-12-9-16(20(21,22)23)26-28(12)11-18(29)24-13-6-7-15-14(10-13)19(30)27-8-4-2-3-5-17(27)25-15/h6-7,9-10H,2-5,8,11H2,1H3,(H,24,29). The number of hydrogen-bond acceptors (Lipinski definition) is 4. The second-order valence-corrected chi connectivity index (χ2v) is 7.40. The summed E-state index contributed by atoms with van der Waals surface area (Å²) < 4.78 is 41.0. The molecule has 0 aliphatic carbocycles. The van der Waals surface area contributed by atoms with Crippen molar-refractivity contribution in [3.63, 3.8) is 0 Å². The van der Waals surface area contributed by atoms with Crippen LogP contribution in [0, 0.1) is 6.92 Å². The van der Waals surface area contributed by atoms with Gasteiger partial charge in [0.15, 0.2) is 5.69 Å². The zero-order valence-corrected chi connectivity index (χ0v) is 16.3. The lowest BCUT2D eigenvalue weighted by Crippen LogP contribution is -2.25. The van der Waals surface area contributed by atoms with Gasteiger partial charge in [0.1, 0.15) is 12.4 Å². The average Bonchev–Trinajstić information content (AvgIpc) is 2.89. The third-order valence-corrected chi connectivity index (χ3v) is 5.16. The molecule has 10 heteroatoms. The van der Waals surface area contributed by atoms with Gasteiger partial charge in [-0.1, -0.05) is 6.42 Å². The van der Waals surface area contributed by atoms with E-state index < -0.39 is 17.8 Å². The Morgan fingerprint density at radius 3 is 2.73 bits per heavy atom. The second-order valence-electron chi connectivity index (χ2n) is 7.40. The minimum absolute atomic E-state index is 0.147. The Kier molecular flexibility index (Phi) is 5.08. The maximum absolute atomic E-state index is 12.9. The van der Waals surface area contributed by atoms with Gasteiger partial charge in [0.05, 0.1) is 10.9 Å². The normalized spacial score (nSPS) is 14.4. The minimum atomic E-state index is -4.57. The Labute approximate surface area is 169 Å². The largest absolute Gasteiger partial charge is 0.435 e. The number of anilines is 1. The summed E-state index contributed by atoms with van der Waals surface area (Å²) in [7, 11) is 0. The summed E-state index contributed by atoms with van der Waals surface area (Å²) >= 11 is 0. The summed E-state index contributed by atoms with van der Waals surface area (Å²) in [6.07, 6.45) is -0.858. The number of carbonyl (C=O) groups excluding carboxylic acids is 1. The molecule has 30 heavy (non-hydrogen) atoms. The molecule has 0 bridgehead atoms. The fourth-order valence-electron chi connectivity index (χ4n) is 3.64. The number of nitrogens with one attached hydrogen (secondary N) is 1. The van der Waals surface area contributed by atoms with E-state index in [9.17, 15) is 22.8 Å². The first kappa shape index (κ1) is 20.1. The average molecular weight is 419 g/mol. The SMILES string of the molecule is Cc1cc(C(F)(F)F)nn1CC(=O)Nc1ccc2nc3n(c(=O)c2c1)CCCCC3. The molecule has 158 valence electrons. The van der Waals surface area contributed by atoms with Crippen molar-refractivity contribution in [2.24, 2.45) is 0 Å². The van der Waals surface area contributed by atoms with Crippen molar-refractivity contribution >= 4 is 22.5 Å². The predicted molar refractivity (Wildman–Crippen MR) is 104 cm³/mol. The zero-order valence-electron chi connectivity index (χ0n) is 16.3. The lowest BCUT2D eigenvalue weighted by molar-refractivity contribution is -0.141. The monoisotopic (exact) mass is 419 g/mol. The molecule has 1 N–H and O–H groups in total. The van der Waals surface area contributed by atoms with Crippen molar-refractivity contribution in [3.8, 4) is 0 Å². The van der Waals surface area contributed by atoms with Crippen LogP contribution in [-0.4, -0.2) is 25.2 Å². The van der Waals surface area contributed by atoms with Crippen LogP contribution in [0.15, 0.2) is 29.1 Å². The van der Waals surface area contributed by atoms with Crippen LogP contribution < -0.4 is 10.9 Å². The van der Waals surface area contributed by atoms with E-state index in [0.29, 0.717) is 23.1 Å². The van der Waals surface area contributed by atoms with Crippen molar-refractivity contribution < 1.29 is 18.0 Å². The molecule has 0 spiro atoms. The van der Waals surface area contributed by atoms with Gasteiger partial charge in [0.2, 0.25) is 5.91 Å². The molecule has 3 aromatic rings. The number of fused-ring (bicyclic) bond motifs is 2. The molecule has 0 fully saturated rings. The van der Waals surface area contributed by atoms with Gasteiger partial charge in [0.25, 0.3) is 5.56 Å². The Morgan fingerprint density at radius 1 is 1.20 bits per heavy atom. The number of rotatable bonds is 3. The summed E-state index contributed by atoms with van der Waals surface area (Å²) in [5, 5.41) is 6.47. The molecule has 1 aliphatic rings. The van der Waals surface area contributed by atoms with E-state index in [0.717, 1.165) is 42.3 Å². The number of nitrogens with zero attached hydrogens (tertiary/aromatic N) is 4. The number of hydrogen-bond donors (Lipinski definition) is 1. The lowest BCUT2D eigenvalue weighted by atomic mass is 10.2. The van der Waals surface area contributed by atoms with E-state index >= 15 is 0 Å². The Hall–Kier alpha value is -3.17. The van der Waals surface area contributed by atoms with E-state index in [2.05, 4.69) is 15.4 Å². The van der Waals surface area contributed by atoms with Gasteiger partial charge in [0, 0.05) is 24.3 Å². The second kappa shape index (κ2) is 7.58. The summed E-state index contributed by atoms with van der Waals surface area (Å²) in [5.41, 5.74) is -0.0320. The predicted octanol–water partition coefficient (Wildman–Crippen LogP) is 3.29. The Bertz CT molecular complexity index is 1180. The molecule has 0 saturated heterocycles. The summed E-state index contributed by atoms with van der Waals surface area (Å²) in [6.45, 7) is 1.69. The summed E-state index contributed by atoms with van der Waals surface area (Å²) in [4.78, 5) is 29.8. The number of alkyl halides is 3. The van der Waals surface area contributed by atoms with Gasteiger partial charge in [-0.2, -0.15) is 18.3 Å². The highest BCUT2D eigenvalue weighted by atomic mass is 19.4. The highest BCUT2D eigenvalue weighted by Gasteiger charge is 2.34. The third kappa shape index (κ3) is 3.94. The van der Waals surface area contributed by atoms with Crippen LogP contribution in [0.25, 0.3) is 10.9 Å². The molecule has 2 aromatic heterocycles. The summed E-state index contributed by atoms with van der Waals surface area (Å²) in [5.74, 6) is 0.230. The highest BCUT2D eigenvalue weighted by Crippen LogP contribution is 2.28. The van der Waals surface area contributed by atoms with Crippen LogP contribution in [0.1, 0.15) is 36.5 Å². The number of carbonyl (C=O) groups is 1. The molecule has 1 aliphatic heterocycles. The number of aromatic nitrogens is 4. The molecule has 0 unspecified atom stereocenters. The van der Waals surface area contributed by atoms with Gasteiger partial charge in [-0.25, -0.2) is 4.98 Å². The molecule has 1 aromatic carbocycles. The Morgan fingerprint density at radius 2 is 2.00 bits per heavy atom. The smallest absolute Gasteiger partial charge is 0.324 e. The minimum Gasteiger partial charge on any atom is -0.324 e. The topological polar surface area (TPSA) is 81.8 Å². The molecular formula is C20H20F3N5O2. The van der Waals surface area contributed by atoms with E-state index in [-0.39, 0.29) is 17.8 Å². The van der Waals surface area contributed by atoms with Crippen molar-refractivity contribution in [1.29, 1.82) is 0 Å². The molecule has 0 saturated carbocycles. The van der Waals surface area contributed by atoms with Gasteiger partial charge in [-0.3, -0.25) is 18.8 Å². The molecule has 3 heterocycles. The molecule has 0 radical (unpaired) electrons. The first-order valence-electron chi connectivity index (χ1n) is 9.67. The van der Waals surface area contributed by atoms with E-state index in [4.69, 9.17) is 0 Å². The third-order valence-electron chi connectivity index (χ3n) is 5.16. The van der Waals surface area contributed by atoms with Crippen LogP contribution in [-0.2, 0) is 30.5 Å². The van der Waals surface area contributed by atoms with Crippen LogP contribution >= 0.6 is 0 Å². The van der Waals surface area contributed by atoms with Crippen LogP contribution in [0.4, 0.5) is 18.9 Å². The number of benzene rings is 1. The van der Waals surface area contributed by atoms with Crippen molar-refractivity contribution in [2.75, 3.05) is 5.32 Å². The van der Waals surface area contributed by atoms with Crippen LogP contribution in [0.5, 0.6) is 0 Å². The summed E-state index contributed by atoms with van der Waals surface area (Å²) in [6, 6.07) is 5.73. The van der Waals surface area contributed by atoms with Crippen LogP contribution in [0.2, 0.25) is 0 Å². The highest BCUT2D eigenvalue weighted by molar-refractivity contribution is 5.93. The maximum atomic E-state index is 12.9. The van der Waals surface area contributed by atoms with Gasteiger partial charge < -0.3 is 5.32 Å². The number of amides is 1. The number of aryl methyl sites for hydroxylation is 2. The van der Waals surface area contributed by atoms with Gasteiger partial charge in [-0.15, -0.1) is 0 Å². The molecule has 7 nitrogen and oxygen atoms in total. The van der Waals surface area contributed by atoms with Gasteiger partial charge in [-0.05, 0) is 44.0 Å². The molecule has 4 rings (SSSR count). The fourth-order valence-corrected chi connectivity index (χ4v) is 3.64. The fraction of sp³-hybridized carbons (Fsp3) is 0.400. The quantitative estimate of drug-likeness (QED) is 0.706. The van der Waals surface area contributed by atoms with E-state index in [1.54, 1.807) is 22.8 Å². The first-order chi connectivity index (χ1) is 14.2. The Balaban J connectivity index is 1.57. The van der Waals surface area contributed by atoms with Gasteiger partial charge >= 0.3 is 6.18 Å². The lowest BCUT2D eigenvalue weighted by Gasteiger charge is -2.11. The van der Waals surface area contributed by atoms with E-state index in [1.165, 1.54) is 6.92 Å².